The van der Waals surface area contributed by atoms with E-state index >= 15 is 0 Å². The number of rotatable bonds is 3. The van der Waals surface area contributed by atoms with Gasteiger partial charge in [-0.1, -0.05) is 12.1 Å². The molecule has 0 unspecified atom stereocenters. The Morgan fingerprint density at radius 3 is 2.05 bits per heavy atom. The maximum absolute atomic E-state index is 11.5. The number of carbonyl (C=O) groups is 2. The number of hydrazine groups is 1. The Kier molecular flexibility index (Phi) is 4.57. The van der Waals surface area contributed by atoms with E-state index in [1.807, 2.05) is 0 Å². The fraction of sp³-hybridized carbons (Fsp3) is 0.333. The van der Waals surface area contributed by atoms with Crippen LogP contribution in [0.3, 0.4) is 0 Å². The lowest BCUT2D eigenvalue weighted by Gasteiger charge is -2.30. The predicted molar refractivity (Wildman–Crippen MR) is 67.8 cm³/mol. The van der Waals surface area contributed by atoms with Gasteiger partial charge in [0.15, 0.2) is 0 Å². The Morgan fingerprint density at radius 1 is 1.16 bits per heavy atom. The van der Waals surface area contributed by atoms with Gasteiger partial charge in [0.2, 0.25) is 11.8 Å². The molecule has 0 saturated carbocycles. The van der Waals surface area contributed by atoms with E-state index in [2.05, 4.69) is 0 Å². The van der Waals surface area contributed by atoms with Crippen molar-refractivity contribution in [3.8, 4) is 0 Å². The van der Waals surface area contributed by atoms with Gasteiger partial charge in [0.05, 0.1) is 11.5 Å². The molecule has 7 nitrogen and oxygen atoms in total. The average molecular weight is 265 g/mol. The Balaban J connectivity index is 2.88. The number of amides is 2. The molecule has 0 heterocycles. The third-order valence-corrected chi connectivity index (χ3v) is 2.66. The van der Waals surface area contributed by atoms with Gasteiger partial charge in [0, 0.05) is 33.0 Å². The zero-order valence-electron chi connectivity index (χ0n) is 11.0. The molecular weight excluding hydrogens is 250 g/mol. The summed E-state index contributed by atoms with van der Waals surface area (Å²) < 4.78 is 0. The Morgan fingerprint density at radius 2 is 1.68 bits per heavy atom. The van der Waals surface area contributed by atoms with E-state index in [-0.39, 0.29) is 24.0 Å². The van der Waals surface area contributed by atoms with Crippen molar-refractivity contribution in [2.45, 2.75) is 20.4 Å². The molecule has 7 heteroatoms. The van der Waals surface area contributed by atoms with Crippen LogP contribution in [0.15, 0.2) is 24.3 Å². The second-order valence-electron chi connectivity index (χ2n) is 4.04. The lowest BCUT2D eigenvalue weighted by molar-refractivity contribution is -0.384. The van der Waals surface area contributed by atoms with Crippen LogP contribution in [-0.4, -0.2) is 33.8 Å². The third-order valence-electron chi connectivity index (χ3n) is 2.66. The summed E-state index contributed by atoms with van der Waals surface area (Å²) >= 11 is 0. The highest BCUT2D eigenvalue weighted by molar-refractivity contribution is 5.79. The zero-order chi connectivity index (χ0) is 14.6. The minimum Gasteiger partial charge on any atom is -0.273 e. The zero-order valence-corrected chi connectivity index (χ0v) is 11.0. The summed E-state index contributed by atoms with van der Waals surface area (Å²) in [5.74, 6) is -0.548. The number of nitro groups is 1. The number of hydrogen-bond acceptors (Lipinski definition) is 4. The molecule has 2 amide bonds. The molecule has 0 fully saturated rings. The molecule has 0 N–H and O–H groups in total. The summed E-state index contributed by atoms with van der Waals surface area (Å²) in [6.07, 6.45) is 0. The molecule has 0 aliphatic carbocycles. The quantitative estimate of drug-likeness (QED) is 0.609. The first-order chi connectivity index (χ1) is 8.82. The van der Waals surface area contributed by atoms with Gasteiger partial charge in [-0.3, -0.25) is 24.7 Å². The van der Waals surface area contributed by atoms with E-state index in [0.717, 1.165) is 0 Å². The van der Waals surface area contributed by atoms with E-state index in [4.69, 9.17) is 0 Å². The van der Waals surface area contributed by atoms with E-state index in [1.54, 1.807) is 12.1 Å². The summed E-state index contributed by atoms with van der Waals surface area (Å²) in [6.45, 7) is 2.89. The van der Waals surface area contributed by atoms with Crippen LogP contribution in [0.4, 0.5) is 5.69 Å². The van der Waals surface area contributed by atoms with Crippen molar-refractivity contribution in [1.82, 2.24) is 10.0 Å². The van der Waals surface area contributed by atoms with Gasteiger partial charge in [-0.25, -0.2) is 5.01 Å². The normalized spacial score (nSPS) is 9.84. The highest BCUT2D eigenvalue weighted by Gasteiger charge is 2.17. The molecule has 1 aromatic carbocycles. The predicted octanol–water partition coefficient (Wildman–Crippen LogP) is 1.34. The molecule has 0 bridgehead atoms. The molecule has 19 heavy (non-hydrogen) atoms. The van der Waals surface area contributed by atoms with Crippen LogP contribution in [0.5, 0.6) is 0 Å². The second-order valence-corrected chi connectivity index (χ2v) is 4.04. The SMILES string of the molecule is CC(=O)N(C)N(Cc1ccc([N+](=O)[O-])cc1)C(C)=O. The van der Waals surface area contributed by atoms with Crippen LogP contribution in [0.1, 0.15) is 19.4 Å². The van der Waals surface area contributed by atoms with E-state index < -0.39 is 4.92 Å². The van der Waals surface area contributed by atoms with Crippen molar-refractivity contribution in [2.75, 3.05) is 7.05 Å². The van der Waals surface area contributed by atoms with Crippen molar-refractivity contribution in [3.63, 3.8) is 0 Å². The monoisotopic (exact) mass is 265 g/mol. The molecule has 1 rings (SSSR count). The molecule has 1 aromatic rings. The molecule has 0 aromatic heterocycles. The van der Waals surface area contributed by atoms with Gasteiger partial charge in [0.25, 0.3) is 5.69 Å². The van der Waals surface area contributed by atoms with Crippen molar-refractivity contribution in [2.24, 2.45) is 0 Å². The largest absolute Gasteiger partial charge is 0.273 e. The molecule has 0 spiro atoms. The van der Waals surface area contributed by atoms with Crippen LogP contribution >= 0.6 is 0 Å². The van der Waals surface area contributed by atoms with E-state index in [1.165, 1.54) is 43.0 Å². The molecule has 0 radical (unpaired) electrons. The number of non-ortho nitro benzene ring substituents is 1. The summed E-state index contributed by atoms with van der Waals surface area (Å²) in [5, 5.41) is 13.0. The van der Waals surface area contributed by atoms with Crippen LogP contribution in [0, 0.1) is 10.1 Å². The number of benzene rings is 1. The lowest BCUT2D eigenvalue weighted by Crippen LogP contribution is -2.44. The standard InChI is InChI=1S/C12H15N3O4/c1-9(16)13(3)14(10(2)17)8-11-4-6-12(7-5-11)15(18)19/h4-7H,8H2,1-3H3. The summed E-state index contributed by atoms with van der Waals surface area (Å²) in [7, 11) is 1.50. The fourth-order valence-electron chi connectivity index (χ4n) is 1.49. The average Bonchev–Trinajstić information content (AvgIpc) is 2.35. The smallest absolute Gasteiger partial charge is 0.269 e. The fourth-order valence-corrected chi connectivity index (χ4v) is 1.49. The number of nitro benzene ring substituents is 1. The number of nitrogens with zero attached hydrogens (tertiary/aromatic N) is 3. The third kappa shape index (κ3) is 3.77. The molecule has 0 aliphatic rings. The van der Waals surface area contributed by atoms with Gasteiger partial charge in [-0.2, -0.15) is 0 Å². The number of hydrogen-bond donors (Lipinski definition) is 0. The number of carbonyl (C=O) groups excluding carboxylic acids is 2. The van der Waals surface area contributed by atoms with E-state index in [0.29, 0.717) is 5.56 Å². The van der Waals surface area contributed by atoms with Gasteiger partial charge in [-0.15, -0.1) is 0 Å². The van der Waals surface area contributed by atoms with Crippen molar-refractivity contribution in [1.29, 1.82) is 0 Å². The van der Waals surface area contributed by atoms with Gasteiger partial charge < -0.3 is 0 Å². The first kappa shape index (κ1) is 14.6. The molecule has 0 saturated heterocycles. The van der Waals surface area contributed by atoms with Gasteiger partial charge >= 0.3 is 0 Å². The van der Waals surface area contributed by atoms with Crippen LogP contribution in [-0.2, 0) is 16.1 Å². The maximum Gasteiger partial charge on any atom is 0.269 e. The highest BCUT2D eigenvalue weighted by atomic mass is 16.6. The maximum atomic E-state index is 11.5. The van der Waals surface area contributed by atoms with Crippen LogP contribution in [0.25, 0.3) is 0 Å². The minimum absolute atomic E-state index is 0.0157. The lowest BCUT2D eigenvalue weighted by atomic mass is 10.2. The van der Waals surface area contributed by atoms with Gasteiger partial charge in [0.1, 0.15) is 0 Å². The molecular formula is C12H15N3O4. The Bertz CT molecular complexity index is 498. The summed E-state index contributed by atoms with van der Waals surface area (Å²) in [6, 6.07) is 5.84. The summed E-state index contributed by atoms with van der Waals surface area (Å²) in [4.78, 5) is 32.8. The molecule has 102 valence electrons. The Hall–Kier alpha value is -2.44. The van der Waals surface area contributed by atoms with E-state index in [9.17, 15) is 19.7 Å². The minimum atomic E-state index is -0.492. The first-order valence-electron chi connectivity index (χ1n) is 5.58. The van der Waals surface area contributed by atoms with Crippen molar-refractivity contribution in [3.05, 3.63) is 39.9 Å². The summed E-state index contributed by atoms with van der Waals surface area (Å²) in [5.41, 5.74) is 0.687. The molecule has 0 aliphatic heterocycles. The topological polar surface area (TPSA) is 83.8 Å². The van der Waals surface area contributed by atoms with Crippen molar-refractivity contribution >= 4 is 17.5 Å². The van der Waals surface area contributed by atoms with Crippen LogP contribution < -0.4 is 0 Å². The van der Waals surface area contributed by atoms with Crippen LogP contribution in [0.2, 0.25) is 0 Å². The van der Waals surface area contributed by atoms with Gasteiger partial charge in [-0.05, 0) is 5.56 Å². The first-order valence-corrected chi connectivity index (χ1v) is 5.58. The van der Waals surface area contributed by atoms with Crippen molar-refractivity contribution < 1.29 is 14.5 Å². The molecule has 0 atom stereocenters. The second kappa shape index (κ2) is 5.94. The Labute approximate surface area is 110 Å². The highest BCUT2D eigenvalue weighted by Crippen LogP contribution is 2.14.